The van der Waals surface area contributed by atoms with E-state index in [0.717, 1.165) is 31.4 Å². The molecule has 3 N–H and O–H groups in total. The van der Waals surface area contributed by atoms with Crippen molar-refractivity contribution in [2.45, 2.75) is 39.0 Å². The Kier molecular flexibility index (Phi) is 5.55. The van der Waals surface area contributed by atoms with Gasteiger partial charge in [0.2, 0.25) is 5.91 Å². The lowest BCUT2D eigenvalue weighted by Crippen LogP contribution is -2.41. The topological polar surface area (TPSA) is 78.4 Å². The summed E-state index contributed by atoms with van der Waals surface area (Å²) in [7, 11) is 0. The first-order valence-electron chi connectivity index (χ1n) is 7.92. The maximum atomic E-state index is 12.3. The van der Waals surface area contributed by atoms with E-state index in [2.05, 4.69) is 17.6 Å². The maximum absolute atomic E-state index is 12.3. The highest BCUT2D eigenvalue weighted by molar-refractivity contribution is 5.97. The Balaban J connectivity index is 1.91. The van der Waals surface area contributed by atoms with Crippen molar-refractivity contribution in [3.05, 3.63) is 29.8 Å². The molecule has 2 amide bonds. The first-order valence-corrected chi connectivity index (χ1v) is 7.92. The van der Waals surface area contributed by atoms with Crippen LogP contribution < -0.4 is 10.6 Å². The van der Waals surface area contributed by atoms with Crippen LogP contribution in [-0.2, 0) is 4.79 Å². The number of carbonyl (C=O) groups excluding carboxylic acids is 2. The number of anilines is 1. The van der Waals surface area contributed by atoms with Gasteiger partial charge in [-0.15, -0.1) is 0 Å². The monoisotopic (exact) mass is 304 g/mol. The highest BCUT2D eigenvalue weighted by Crippen LogP contribution is 2.44. The molecule has 2 rings (SSSR count). The van der Waals surface area contributed by atoms with E-state index >= 15 is 0 Å². The normalized spacial score (nSPS) is 15.7. The summed E-state index contributed by atoms with van der Waals surface area (Å²) in [6.45, 7) is 2.57. The van der Waals surface area contributed by atoms with Crippen LogP contribution in [0.5, 0.6) is 0 Å². The van der Waals surface area contributed by atoms with Crippen LogP contribution in [0.2, 0.25) is 0 Å². The SMILES string of the molecule is CCC1(C(=O)Nc2ccc(C(=O)NCCCO)cc2)CCC1. The second-order valence-corrected chi connectivity index (χ2v) is 5.85. The van der Waals surface area contributed by atoms with Crippen molar-refractivity contribution in [1.82, 2.24) is 5.32 Å². The molecule has 22 heavy (non-hydrogen) atoms. The smallest absolute Gasteiger partial charge is 0.251 e. The first-order chi connectivity index (χ1) is 10.6. The van der Waals surface area contributed by atoms with Crippen LogP contribution >= 0.6 is 0 Å². The highest BCUT2D eigenvalue weighted by Gasteiger charge is 2.42. The minimum absolute atomic E-state index is 0.0599. The van der Waals surface area contributed by atoms with Gasteiger partial charge >= 0.3 is 0 Å². The number of aliphatic hydroxyl groups excluding tert-OH is 1. The predicted octanol–water partition coefficient (Wildman–Crippen LogP) is 2.32. The number of rotatable bonds is 7. The van der Waals surface area contributed by atoms with Crippen molar-refractivity contribution >= 4 is 17.5 Å². The van der Waals surface area contributed by atoms with Crippen molar-refractivity contribution in [3.63, 3.8) is 0 Å². The van der Waals surface area contributed by atoms with Crippen LogP contribution in [0.1, 0.15) is 49.4 Å². The fourth-order valence-electron chi connectivity index (χ4n) is 2.70. The van der Waals surface area contributed by atoms with Gasteiger partial charge in [0, 0.05) is 29.8 Å². The molecule has 1 aromatic carbocycles. The third kappa shape index (κ3) is 3.65. The van der Waals surface area contributed by atoms with Crippen molar-refractivity contribution in [2.24, 2.45) is 5.41 Å². The maximum Gasteiger partial charge on any atom is 0.251 e. The van der Waals surface area contributed by atoms with E-state index in [1.165, 1.54) is 0 Å². The van der Waals surface area contributed by atoms with Crippen LogP contribution in [-0.4, -0.2) is 30.1 Å². The van der Waals surface area contributed by atoms with Gasteiger partial charge in [-0.2, -0.15) is 0 Å². The number of carbonyl (C=O) groups is 2. The van der Waals surface area contributed by atoms with Crippen molar-refractivity contribution < 1.29 is 14.7 Å². The van der Waals surface area contributed by atoms with E-state index in [4.69, 9.17) is 5.11 Å². The minimum Gasteiger partial charge on any atom is -0.396 e. The van der Waals surface area contributed by atoms with E-state index < -0.39 is 0 Å². The van der Waals surface area contributed by atoms with Gasteiger partial charge in [-0.1, -0.05) is 13.3 Å². The van der Waals surface area contributed by atoms with Gasteiger partial charge in [-0.05, 0) is 49.9 Å². The summed E-state index contributed by atoms with van der Waals surface area (Å²) < 4.78 is 0. The molecule has 1 saturated carbocycles. The van der Waals surface area contributed by atoms with Crippen molar-refractivity contribution in [3.8, 4) is 0 Å². The fraction of sp³-hybridized carbons (Fsp3) is 0.529. The molecular formula is C17H24N2O3. The molecule has 0 bridgehead atoms. The molecule has 1 aliphatic rings. The largest absolute Gasteiger partial charge is 0.396 e. The Morgan fingerprint density at radius 2 is 1.91 bits per heavy atom. The average Bonchev–Trinajstić information content (AvgIpc) is 2.47. The zero-order chi connectivity index (χ0) is 16.0. The quantitative estimate of drug-likeness (QED) is 0.676. The molecule has 120 valence electrons. The molecule has 0 aromatic heterocycles. The van der Waals surface area contributed by atoms with Crippen LogP contribution in [0.3, 0.4) is 0 Å². The summed E-state index contributed by atoms with van der Waals surface area (Å²) in [5.41, 5.74) is 1.07. The van der Waals surface area contributed by atoms with Gasteiger partial charge in [0.15, 0.2) is 0 Å². The third-order valence-corrected chi connectivity index (χ3v) is 4.49. The van der Waals surface area contributed by atoms with E-state index in [1.807, 2.05) is 0 Å². The zero-order valence-electron chi connectivity index (χ0n) is 13.0. The Labute approximate surface area is 131 Å². The molecule has 0 spiro atoms. The number of aliphatic hydroxyl groups is 1. The van der Waals surface area contributed by atoms with Crippen LogP contribution in [0, 0.1) is 5.41 Å². The zero-order valence-corrected chi connectivity index (χ0v) is 13.0. The second-order valence-electron chi connectivity index (χ2n) is 5.85. The number of amides is 2. The second kappa shape index (κ2) is 7.40. The molecule has 1 fully saturated rings. The number of nitrogens with one attached hydrogen (secondary N) is 2. The summed E-state index contributed by atoms with van der Waals surface area (Å²) in [5, 5.41) is 14.4. The lowest BCUT2D eigenvalue weighted by Gasteiger charge is -2.39. The minimum atomic E-state index is -0.194. The molecule has 5 heteroatoms. The number of hydrogen-bond donors (Lipinski definition) is 3. The first kappa shape index (κ1) is 16.5. The summed E-state index contributed by atoms with van der Waals surface area (Å²) in [6, 6.07) is 6.90. The molecule has 0 saturated heterocycles. The van der Waals surface area contributed by atoms with Crippen molar-refractivity contribution in [2.75, 3.05) is 18.5 Å². The Morgan fingerprint density at radius 3 is 2.41 bits per heavy atom. The molecule has 1 aromatic rings. The molecule has 0 radical (unpaired) electrons. The van der Waals surface area contributed by atoms with Crippen LogP contribution in [0.25, 0.3) is 0 Å². The molecule has 5 nitrogen and oxygen atoms in total. The van der Waals surface area contributed by atoms with Crippen LogP contribution in [0.15, 0.2) is 24.3 Å². The van der Waals surface area contributed by atoms with Gasteiger partial charge in [-0.25, -0.2) is 0 Å². The Bertz CT molecular complexity index is 516. The summed E-state index contributed by atoms with van der Waals surface area (Å²) in [6.07, 6.45) is 4.44. The van der Waals surface area contributed by atoms with E-state index in [0.29, 0.717) is 18.5 Å². The standard InChI is InChI=1S/C17H24N2O3/c1-2-17(9-3-10-17)16(22)19-14-7-5-13(6-8-14)15(21)18-11-4-12-20/h5-8,20H,2-4,9-12H2,1H3,(H,18,21)(H,19,22). The fourth-order valence-corrected chi connectivity index (χ4v) is 2.70. The molecule has 0 aliphatic heterocycles. The summed E-state index contributed by atoms with van der Waals surface area (Å²) in [5.74, 6) is -0.0863. The van der Waals surface area contributed by atoms with Gasteiger partial charge in [0.05, 0.1) is 0 Å². The van der Waals surface area contributed by atoms with Gasteiger partial charge < -0.3 is 15.7 Å². The number of benzene rings is 1. The van der Waals surface area contributed by atoms with Gasteiger partial charge in [0.25, 0.3) is 5.91 Å². The Hall–Kier alpha value is -1.88. The summed E-state index contributed by atoms with van der Waals surface area (Å²) >= 11 is 0. The van der Waals surface area contributed by atoms with E-state index in [-0.39, 0.29) is 23.8 Å². The van der Waals surface area contributed by atoms with Crippen LogP contribution in [0.4, 0.5) is 5.69 Å². The van der Waals surface area contributed by atoms with E-state index in [1.54, 1.807) is 24.3 Å². The molecule has 0 heterocycles. The lowest BCUT2D eigenvalue weighted by atomic mass is 9.66. The average molecular weight is 304 g/mol. The molecule has 0 atom stereocenters. The molecule has 0 unspecified atom stereocenters. The van der Waals surface area contributed by atoms with Crippen molar-refractivity contribution in [1.29, 1.82) is 0 Å². The van der Waals surface area contributed by atoms with E-state index in [9.17, 15) is 9.59 Å². The molecular weight excluding hydrogens is 280 g/mol. The third-order valence-electron chi connectivity index (χ3n) is 4.49. The van der Waals surface area contributed by atoms with Gasteiger partial charge in [-0.3, -0.25) is 9.59 Å². The number of hydrogen-bond acceptors (Lipinski definition) is 3. The molecule has 1 aliphatic carbocycles. The Morgan fingerprint density at radius 1 is 1.23 bits per heavy atom. The highest BCUT2D eigenvalue weighted by atomic mass is 16.3. The predicted molar refractivity (Wildman–Crippen MR) is 85.7 cm³/mol. The summed E-state index contributed by atoms with van der Waals surface area (Å²) in [4.78, 5) is 24.2. The lowest BCUT2D eigenvalue weighted by molar-refractivity contribution is -0.130. The van der Waals surface area contributed by atoms with Gasteiger partial charge in [0.1, 0.15) is 0 Å².